The summed E-state index contributed by atoms with van der Waals surface area (Å²) in [5.74, 6) is -0.172. The Morgan fingerprint density at radius 3 is 2.45 bits per heavy atom. The van der Waals surface area contributed by atoms with E-state index in [4.69, 9.17) is 34.3 Å². The first-order valence-electron chi connectivity index (χ1n) is 12.3. The summed E-state index contributed by atoms with van der Waals surface area (Å²) in [6.07, 6.45) is 4.24. The molecule has 3 N–H and O–H groups in total. The Bertz CT molecular complexity index is 1380. The maximum atomic E-state index is 13.4. The molecule has 0 radical (unpaired) electrons. The Labute approximate surface area is 234 Å². The van der Waals surface area contributed by atoms with Crippen LogP contribution in [0.3, 0.4) is 0 Å². The molecule has 38 heavy (non-hydrogen) atoms. The van der Waals surface area contributed by atoms with E-state index in [1.54, 1.807) is 12.1 Å². The van der Waals surface area contributed by atoms with E-state index in [1.807, 2.05) is 30.0 Å². The van der Waals surface area contributed by atoms with Gasteiger partial charge in [0.25, 0.3) is 10.0 Å². The molecule has 2 aliphatic rings. The number of nitrogens with one attached hydrogen (secondary N) is 1. The van der Waals surface area contributed by atoms with Crippen LogP contribution in [0.4, 0.5) is 11.4 Å². The van der Waals surface area contributed by atoms with Gasteiger partial charge in [-0.2, -0.15) is 8.42 Å². The molecule has 2 aliphatic heterocycles. The van der Waals surface area contributed by atoms with Gasteiger partial charge in [0.15, 0.2) is 0 Å². The first kappa shape index (κ1) is 27.9. The van der Waals surface area contributed by atoms with Gasteiger partial charge < -0.3 is 20.4 Å². The summed E-state index contributed by atoms with van der Waals surface area (Å²) in [6, 6.07) is 12.0. The van der Waals surface area contributed by atoms with Crippen molar-refractivity contribution in [1.29, 1.82) is 5.41 Å². The van der Waals surface area contributed by atoms with Crippen LogP contribution in [-0.4, -0.2) is 69.0 Å². The molecule has 0 saturated carbocycles. The number of sulfonamides is 1. The van der Waals surface area contributed by atoms with E-state index >= 15 is 0 Å². The number of hydrogen-bond acceptors (Lipinski definition) is 6. The normalized spacial score (nSPS) is 17.4. The van der Waals surface area contributed by atoms with Gasteiger partial charge >= 0.3 is 0 Å². The van der Waals surface area contributed by atoms with Gasteiger partial charge in [-0.25, -0.2) is 0 Å². The molecule has 0 aliphatic carbocycles. The standard InChI is InChI=1S/C26H30Cl2N6O3S.H2/c1-18(34-12-2-3-19-17-20(27)4-9-23(19)34)26(35)33-15-13-32(14-16-33)21-5-7-22(8-6-21)38(36,37)31-25(30)11-10-24(28)29;/h4-11,17-18,29H,2-3,12-16H2,1H3,(H2,30,31);1H/b11-10-,29-24?;/t18-;/m0./s1. The molecular formula is C26H32Cl2N6O3S. The van der Waals surface area contributed by atoms with Crippen LogP contribution in [0.2, 0.25) is 5.02 Å². The number of carbonyl (C=O) groups is 1. The maximum absolute atomic E-state index is 13.4. The smallest absolute Gasteiger partial charge is 0.284 e. The van der Waals surface area contributed by atoms with Crippen molar-refractivity contribution in [2.24, 2.45) is 10.1 Å². The second kappa shape index (κ2) is 11.8. The quantitative estimate of drug-likeness (QED) is 0.379. The number of amides is 1. The highest BCUT2D eigenvalue weighted by Crippen LogP contribution is 2.31. The van der Waals surface area contributed by atoms with Crippen LogP contribution in [0.25, 0.3) is 0 Å². The van der Waals surface area contributed by atoms with Crippen molar-refractivity contribution in [2.45, 2.75) is 30.7 Å². The Kier molecular flexibility index (Phi) is 8.64. The molecule has 12 heteroatoms. The summed E-state index contributed by atoms with van der Waals surface area (Å²) in [4.78, 5) is 19.6. The molecule has 0 spiro atoms. The molecule has 1 saturated heterocycles. The van der Waals surface area contributed by atoms with E-state index in [-0.39, 0.29) is 29.3 Å². The highest BCUT2D eigenvalue weighted by Gasteiger charge is 2.31. The molecule has 2 aromatic rings. The van der Waals surface area contributed by atoms with Crippen molar-refractivity contribution >= 4 is 61.5 Å². The zero-order chi connectivity index (χ0) is 27.4. The zero-order valence-corrected chi connectivity index (χ0v) is 23.3. The summed E-state index contributed by atoms with van der Waals surface area (Å²) in [5.41, 5.74) is 8.73. The lowest BCUT2D eigenvalue weighted by atomic mass is 10.00. The predicted molar refractivity (Wildman–Crippen MR) is 155 cm³/mol. The van der Waals surface area contributed by atoms with Gasteiger partial charge in [0.05, 0.1) is 4.90 Å². The molecule has 1 atom stereocenters. The summed E-state index contributed by atoms with van der Waals surface area (Å²) >= 11 is 11.6. The lowest BCUT2D eigenvalue weighted by molar-refractivity contribution is -0.132. The Balaban J connectivity index is 0.00000420. The second-order valence-electron chi connectivity index (χ2n) is 9.22. The van der Waals surface area contributed by atoms with Crippen molar-refractivity contribution in [2.75, 3.05) is 42.5 Å². The molecule has 1 fully saturated rings. The number of amidine groups is 1. The lowest BCUT2D eigenvalue weighted by Crippen LogP contribution is -2.55. The number of carbonyl (C=O) groups excluding carboxylic acids is 1. The number of nitrogens with zero attached hydrogens (tertiary/aromatic N) is 4. The number of fused-ring (bicyclic) bond motifs is 1. The van der Waals surface area contributed by atoms with Crippen molar-refractivity contribution < 1.29 is 14.6 Å². The van der Waals surface area contributed by atoms with E-state index in [9.17, 15) is 13.2 Å². The fourth-order valence-corrected chi connectivity index (χ4v) is 5.97. The van der Waals surface area contributed by atoms with Crippen LogP contribution in [0.5, 0.6) is 0 Å². The van der Waals surface area contributed by atoms with Crippen LogP contribution in [0.1, 0.15) is 20.3 Å². The first-order chi connectivity index (χ1) is 18.0. The molecule has 9 nitrogen and oxygen atoms in total. The molecule has 2 heterocycles. The third kappa shape index (κ3) is 6.48. The summed E-state index contributed by atoms with van der Waals surface area (Å²) in [5, 5.41) is 7.55. The fourth-order valence-electron chi connectivity index (χ4n) is 4.79. The number of nitrogens with two attached hydrogens (primary N) is 1. The van der Waals surface area contributed by atoms with Crippen LogP contribution >= 0.6 is 23.2 Å². The summed E-state index contributed by atoms with van der Waals surface area (Å²) in [6.45, 7) is 5.22. The van der Waals surface area contributed by atoms with Gasteiger partial charge in [-0.15, -0.1) is 4.40 Å². The van der Waals surface area contributed by atoms with Crippen LogP contribution in [0, 0.1) is 5.41 Å². The van der Waals surface area contributed by atoms with Gasteiger partial charge in [-0.3, -0.25) is 10.2 Å². The number of benzene rings is 2. The topological polar surface area (TPSA) is 123 Å². The van der Waals surface area contributed by atoms with Crippen molar-refractivity contribution in [1.82, 2.24) is 4.90 Å². The van der Waals surface area contributed by atoms with Gasteiger partial charge in [0.2, 0.25) is 5.91 Å². The van der Waals surface area contributed by atoms with E-state index in [0.717, 1.165) is 42.9 Å². The number of aryl methyl sites for hydroxylation is 1. The van der Waals surface area contributed by atoms with E-state index in [1.165, 1.54) is 17.7 Å². The minimum absolute atomic E-state index is 0. The number of halogens is 2. The molecule has 0 bridgehead atoms. The monoisotopic (exact) mass is 578 g/mol. The molecule has 0 aromatic heterocycles. The van der Waals surface area contributed by atoms with Gasteiger partial charge in [-0.05, 0) is 79.9 Å². The number of anilines is 2. The minimum Gasteiger partial charge on any atom is -0.383 e. The number of allylic oxidation sites excluding steroid dienone is 1. The van der Waals surface area contributed by atoms with Crippen LogP contribution in [0.15, 0.2) is 63.9 Å². The SMILES string of the molecule is C[C@@H](C(=O)N1CCN(c2ccc(S(=O)(=O)N=C(N)/C=C\C(=N)Cl)cc2)CC1)N1CCCc2cc(Cl)ccc21.[HH]. The van der Waals surface area contributed by atoms with Crippen molar-refractivity contribution in [3.8, 4) is 0 Å². The predicted octanol–water partition coefficient (Wildman–Crippen LogP) is 3.89. The van der Waals surface area contributed by atoms with Crippen molar-refractivity contribution in [3.05, 3.63) is 65.2 Å². The van der Waals surface area contributed by atoms with E-state index in [0.29, 0.717) is 31.2 Å². The summed E-state index contributed by atoms with van der Waals surface area (Å²) in [7, 11) is -4.00. The van der Waals surface area contributed by atoms with Gasteiger partial charge in [0.1, 0.15) is 17.0 Å². The molecule has 204 valence electrons. The van der Waals surface area contributed by atoms with Crippen molar-refractivity contribution in [3.63, 3.8) is 0 Å². The van der Waals surface area contributed by atoms with Gasteiger partial charge in [-0.1, -0.05) is 23.2 Å². The maximum Gasteiger partial charge on any atom is 0.284 e. The second-order valence-corrected chi connectivity index (χ2v) is 11.7. The average molecular weight is 580 g/mol. The highest BCUT2D eigenvalue weighted by atomic mass is 35.5. The average Bonchev–Trinajstić information content (AvgIpc) is 2.90. The number of rotatable bonds is 7. The number of hydrogen-bond donors (Lipinski definition) is 2. The Morgan fingerprint density at radius 2 is 1.79 bits per heavy atom. The lowest BCUT2D eigenvalue weighted by Gasteiger charge is -2.41. The molecule has 2 aromatic carbocycles. The fraction of sp³-hybridized carbons (Fsp3) is 0.346. The third-order valence-electron chi connectivity index (χ3n) is 6.74. The summed E-state index contributed by atoms with van der Waals surface area (Å²) < 4.78 is 28.6. The first-order valence-corrected chi connectivity index (χ1v) is 14.5. The Hall–Kier alpha value is -3.08. The van der Waals surface area contributed by atoms with Gasteiger partial charge in [0, 0.05) is 50.5 Å². The molecule has 1 amide bonds. The van der Waals surface area contributed by atoms with E-state index in [2.05, 4.69) is 14.2 Å². The van der Waals surface area contributed by atoms with Crippen LogP contribution < -0.4 is 15.5 Å². The molecule has 0 unspecified atom stereocenters. The minimum atomic E-state index is -4.00. The van der Waals surface area contributed by atoms with E-state index < -0.39 is 10.0 Å². The third-order valence-corrected chi connectivity index (χ3v) is 8.42. The molecular weight excluding hydrogens is 547 g/mol. The zero-order valence-electron chi connectivity index (χ0n) is 21.0. The number of piperazine rings is 1. The largest absolute Gasteiger partial charge is 0.383 e. The Morgan fingerprint density at radius 1 is 1.11 bits per heavy atom. The molecule has 4 rings (SSSR count). The highest BCUT2D eigenvalue weighted by molar-refractivity contribution is 7.90. The van der Waals surface area contributed by atoms with Crippen LogP contribution in [-0.2, 0) is 21.2 Å².